The lowest BCUT2D eigenvalue weighted by Crippen LogP contribution is -2.39. The minimum atomic E-state index is -0.898. The van der Waals surface area contributed by atoms with Crippen molar-refractivity contribution in [3.8, 4) is 0 Å². The van der Waals surface area contributed by atoms with Gasteiger partial charge in [0.15, 0.2) is 0 Å². The van der Waals surface area contributed by atoms with E-state index in [-0.39, 0.29) is 12.3 Å². The molecular formula is C9H15NO4. The number of piperidine rings is 1. The molecule has 1 amide bonds. The molecule has 80 valence electrons. The summed E-state index contributed by atoms with van der Waals surface area (Å²) in [5.74, 6) is -0.589. The van der Waals surface area contributed by atoms with Crippen LogP contribution in [0.3, 0.4) is 0 Å². The van der Waals surface area contributed by atoms with Gasteiger partial charge in [0.05, 0.1) is 0 Å². The van der Waals surface area contributed by atoms with Crippen LogP contribution in [0.2, 0.25) is 0 Å². The van der Waals surface area contributed by atoms with Crippen molar-refractivity contribution in [2.75, 3.05) is 13.1 Å². The molecule has 0 saturated carbocycles. The Kier molecular flexibility index (Phi) is 3.73. The number of nitrogens with zero attached hydrogens (tertiary/aromatic N) is 1. The van der Waals surface area contributed by atoms with Crippen LogP contribution in [0.4, 0.5) is 4.79 Å². The molecule has 1 rings (SSSR count). The van der Waals surface area contributed by atoms with Gasteiger partial charge in [0.2, 0.25) is 0 Å². The highest BCUT2D eigenvalue weighted by Crippen LogP contribution is 2.20. The maximum Gasteiger partial charge on any atom is 0.407 e. The van der Waals surface area contributed by atoms with E-state index in [0.29, 0.717) is 19.5 Å². The Hall–Kier alpha value is -1.26. The highest BCUT2D eigenvalue weighted by atomic mass is 16.4. The van der Waals surface area contributed by atoms with Gasteiger partial charge in [-0.1, -0.05) is 0 Å². The second kappa shape index (κ2) is 4.83. The lowest BCUT2D eigenvalue weighted by molar-refractivity contribution is -0.137. The lowest BCUT2D eigenvalue weighted by Gasteiger charge is -2.30. The van der Waals surface area contributed by atoms with Crippen molar-refractivity contribution < 1.29 is 19.8 Å². The van der Waals surface area contributed by atoms with Gasteiger partial charge in [-0.2, -0.15) is 0 Å². The van der Waals surface area contributed by atoms with Gasteiger partial charge in [0, 0.05) is 19.5 Å². The minimum Gasteiger partial charge on any atom is -0.481 e. The van der Waals surface area contributed by atoms with Crippen molar-refractivity contribution >= 4 is 12.1 Å². The predicted octanol–water partition coefficient (Wildman–Crippen LogP) is 1.24. The predicted molar refractivity (Wildman–Crippen MR) is 49.2 cm³/mol. The molecule has 1 fully saturated rings. The second-order valence-electron chi connectivity index (χ2n) is 3.67. The average molecular weight is 201 g/mol. The zero-order valence-electron chi connectivity index (χ0n) is 7.98. The summed E-state index contributed by atoms with van der Waals surface area (Å²) in [5, 5.41) is 17.2. The van der Waals surface area contributed by atoms with E-state index in [1.165, 1.54) is 4.90 Å². The van der Waals surface area contributed by atoms with Crippen LogP contribution in [0.5, 0.6) is 0 Å². The van der Waals surface area contributed by atoms with E-state index in [0.717, 1.165) is 12.8 Å². The maximum atomic E-state index is 10.6. The molecule has 1 aliphatic heterocycles. The van der Waals surface area contributed by atoms with Gasteiger partial charge in [-0.3, -0.25) is 4.79 Å². The van der Waals surface area contributed by atoms with E-state index in [2.05, 4.69) is 0 Å². The smallest absolute Gasteiger partial charge is 0.407 e. The Labute approximate surface area is 82.3 Å². The first-order chi connectivity index (χ1) is 6.59. The van der Waals surface area contributed by atoms with Crippen LogP contribution in [0, 0.1) is 5.92 Å². The third kappa shape index (κ3) is 3.24. The van der Waals surface area contributed by atoms with E-state index in [9.17, 15) is 9.59 Å². The number of rotatable bonds is 3. The molecule has 0 aromatic carbocycles. The zero-order valence-corrected chi connectivity index (χ0v) is 7.98. The van der Waals surface area contributed by atoms with Crippen LogP contribution >= 0.6 is 0 Å². The summed E-state index contributed by atoms with van der Waals surface area (Å²) >= 11 is 0. The number of carbonyl (C=O) groups is 2. The van der Waals surface area contributed by atoms with E-state index in [4.69, 9.17) is 10.2 Å². The quantitative estimate of drug-likeness (QED) is 0.720. The number of carboxylic acid groups (broad SMARTS) is 2. The van der Waals surface area contributed by atoms with Gasteiger partial charge in [-0.15, -0.1) is 0 Å². The molecule has 5 heteroatoms. The van der Waals surface area contributed by atoms with E-state index in [1.54, 1.807) is 0 Å². The van der Waals surface area contributed by atoms with Gasteiger partial charge in [0.25, 0.3) is 0 Å². The summed E-state index contributed by atoms with van der Waals surface area (Å²) in [6.07, 6.45) is 1.61. The Morgan fingerprint density at radius 2 is 2.07 bits per heavy atom. The number of hydrogen-bond acceptors (Lipinski definition) is 2. The van der Waals surface area contributed by atoms with Crippen molar-refractivity contribution in [3.05, 3.63) is 0 Å². The Morgan fingerprint density at radius 1 is 1.36 bits per heavy atom. The van der Waals surface area contributed by atoms with Gasteiger partial charge < -0.3 is 15.1 Å². The Bertz CT molecular complexity index is 229. The Balaban J connectivity index is 2.32. The first-order valence-corrected chi connectivity index (χ1v) is 4.79. The van der Waals surface area contributed by atoms with E-state index < -0.39 is 12.1 Å². The molecule has 5 nitrogen and oxygen atoms in total. The maximum absolute atomic E-state index is 10.6. The van der Waals surface area contributed by atoms with Crippen LogP contribution in [0.15, 0.2) is 0 Å². The van der Waals surface area contributed by atoms with Crippen molar-refractivity contribution in [1.82, 2.24) is 4.90 Å². The number of carboxylic acids is 1. The number of hydrogen-bond donors (Lipinski definition) is 2. The van der Waals surface area contributed by atoms with E-state index in [1.807, 2.05) is 0 Å². The fraction of sp³-hybridized carbons (Fsp3) is 0.778. The first-order valence-electron chi connectivity index (χ1n) is 4.79. The normalized spacial score (nSPS) is 22.0. The lowest BCUT2D eigenvalue weighted by atomic mass is 9.94. The summed E-state index contributed by atoms with van der Waals surface area (Å²) in [6.45, 7) is 1.07. The monoisotopic (exact) mass is 201 g/mol. The molecular weight excluding hydrogens is 186 g/mol. The fourth-order valence-electron chi connectivity index (χ4n) is 1.80. The minimum absolute atomic E-state index is 0.137. The molecule has 14 heavy (non-hydrogen) atoms. The fourth-order valence-corrected chi connectivity index (χ4v) is 1.80. The zero-order chi connectivity index (χ0) is 10.6. The van der Waals surface area contributed by atoms with Crippen LogP contribution in [0.1, 0.15) is 25.7 Å². The molecule has 1 aliphatic rings. The van der Waals surface area contributed by atoms with E-state index >= 15 is 0 Å². The third-order valence-corrected chi connectivity index (χ3v) is 2.56. The summed E-state index contributed by atoms with van der Waals surface area (Å²) < 4.78 is 0. The molecule has 1 saturated heterocycles. The summed E-state index contributed by atoms with van der Waals surface area (Å²) in [6, 6.07) is 0. The van der Waals surface area contributed by atoms with Crippen molar-refractivity contribution in [1.29, 1.82) is 0 Å². The number of likely N-dealkylation sites (tertiary alicyclic amines) is 1. The van der Waals surface area contributed by atoms with Crippen LogP contribution in [-0.2, 0) is 4.79 Å². The number of aliphatic carboxylic acids is 1. The molecule has 0 bridgehead atoms. The molecule has 0 aromatic rings. The highest BCUT2D eigenvalue weighted by molar-refractivity contribution is 5.66. The van der Waals surface area contributed by atoms with Crippen LogP contribution < -0.4 is 0 Å². The van der Waals surface area contributed by atoms with Crippen LogP contribution in [0.25, 0.3) is 0 Å². The van der Waals surface area contributed by atoms with Gasteiger partial charge >= 0.3 is 12.1 Å². The SMILES string of the molecule is O=C(O)CCC1CCCN(C(=O)O)C1. The van der Waals surface area contributed by atoms with Gasteiger partial charge in [0.1, 0.15) is 0 Å². The third-order valence-electron chi connectivity index (χ3n) is 2.56. The largest absolute Gasteiger partial charge is 0.481 e. The molecule has 1 unspecified atom stereocenters. The molecule has 0 spiro atoms. The van der Waals surface area contributed by atoms with Crippen molar-refractivity contribution in [3.63, 3.8) is 0 Å². The average Bonchev–Trinajstić information content (AvgIpc) is 2.15. The molecule has 0 aromatic heterocycles. The van der Waals surface area contributed by atoms with Crippen LogP contribution in [-0.4, -0.2) is 40.3 Å². The summed E-state index contributed by atoms with van der Waals surface area (Å²) in [5.41, 5.74) is 0. The molecule has 1 atom stereocenters. The standard InChI is InChI=1S/C9H15NO4/c11-8(12)4-3-7-2-1-5-10(6-7)9(13)14/h7H,1-6H2,(H,11,12)(H,13,14). The molecule has 2 N–H and O–H groups in total. The van der Waals surface area contributed by atoms with Crippen molar-refractivity contribution in [2.24, 2.45) is 5.92 Å². The molecule has 0 aliphatic carbocycles. The highest BCUT2D eigenvalue weighted by Gasteiger charge is 2.23. The first kappa shape index (κ1) is 10.8. The Morgan fingerprint density at radius 3 is 2.64 bits per heavy atom. The number of amides is 1. The van der Waals surface area contributed by atoms with Gasteiger partial charge in [-0.25, -0.2) is 4.79 Å². The topological polar surface area (TPSA) is 77.8 Å². The summed E-state index contributed by atoms with van der Waals surface area (Å²) in [4.78, 5) is 22.3. The molecule has 0 radical (unpaired) electrons. The van der Waals surface area contributed by atoms with Gasteiger partial charge in [-0.05, 0) is 25.2 Å². The second-order valence-corrected chi connectivity index (χ2v) is 3.67. The van der Waals surface area contributed by atoms with Crippen molar-refractivity contribution in [2.45, 2.75) is 25.7 Å². The molecule has 1 heterocycles. The summed E-state index contributed by atoms with van der Waals surface area (Å²) in [7, 11) is 0.